The van der Waals surface area contributed by atoms with Crippen LogP contribution in [0.1, 0.15) is 6.42 Å². The summed E-state index contributed by atoms with van der Waals surface area (Å²) < 4.78 is 0. The SMILES string of the molecule is [B]=CN1CCC1. The monoisotopic (exact) mass is 80.1 g/mol. The molecule has 1 rings (SSSR count). The maximum absolute atomic E-state index is 5.13. The van der Waals surface area contributed by atoms with Crippen molar-refractivity contribution in [3.63, 3.8) is 0 Å². The summed E-state index contributed by atoms with van der Waals surface area (Å²) in [7, 11) is 5.13. The van der Waals surface area contributed by atoms with Crippen LogP contribution in [0.2, 0.25) is 0 Å². The van der Waals surface area contributed by atoms with Gasteiger partial charge in [-0.25, -0.2) is 0 Å². The van der Waals surface area contributed by atoms with Gasteiger partial charge in [0.2, 0.25) is 0 Å². The van der Waals surface area contributed by atoms with Crippen molar-refractivity contribution in [3.8, 4) is 0 Å². The number of likely N-dealkylation sites (tertiary alicyclic amines) is 1. The van der Waals surface area contributed by atoms with Gasteiger partial charge < -0.3 is 0 Å². The van der Waals surface area contributed by atoms with Gasteiger partial charge in [-0.05, 0) is 0 Å². The molecule has 0 spiro atoms. The van der Waals surface area contributed by atoms with E-state index in [1.54, 1.807) is 6.09 Å². The molecule has 31 valence electrons. The van der Waals surface area contributed by atoms with Gasteiger partial charge in [-0.2, -0.15) is 0 Å². The van der Waals surface area contributed by atoms with Gasteiger partial charge in [0.15, 0.2) is 0 Å². The van der Waals surface area contributed by atoms with Gasteiger partial charge in [-0.3, -0.25) is 0 Å². The first-order valence-electron chi connectivity index (χ1n) is 2.22. The van der Waals surface area contributed by atoms with Crippen molar-refractivity contribution in [2.24, 2.45) is 0 Å². The fourth-order valence-electron chi connectivity index (χ4n) is 0.490. The van der Waals surface area contributed by atoms with Gasteiger partial charge in [0.1, 0.15) is 0 Å². The van der Waals surface area contributed by atoms with E-state index in [0.717, 1.165) is 13.1 Å². The van der Waals surface area contributed by atoms with E-state index in [9.17, 15) is 0 Å². The van der Waals surface area contributed by atoms with Gasteiger partial charge in [0.25, 0.3) is 0 Å². The Balaban J connectivity index is 2.16. The summed E-state index contributed by atoms with van der Waals surface area (Å²) in [4.78, 5) is 2.08. The van der Waals surface area contributed by atoms with E-state index in [2.05, 4.69) is 4.90 Å². The summed E-state index contributed by atoms with van der Waals surface area (Å²) >= 11 is 0. The van der Waals surface area contributed by atoms with Crippen LogP contribution in [0.5, 0.6) is 0 Å². The van der Waals surface area contributed by atoms with E-state index in [-0.39, 0.29) is 0 Å². The van der Waals surface area contributed by atoms with Crippen molar-refractivity contribution in [2.45, 2.75) is 6.42 Å². The second kappa shape index (κ2) is 1.46. The van der Waals surface area contributed by atoms with Crippen LogP contribution in [0.25, 0.3) is 0 Å². The number of rotatable bonds is 1. The van der Waals surface area contributed by atoms with Crippen molar-refractivity contribution < 1.29 is 0 Å². The first-order chi connectivity index (χ1) is 2.93. The fraction of sp³-hybridized carbons (Fsp3) is 0.750. The third kappa shape index (κ3) is 0.467. The van der Waals surface area contributed by atoms with Crippen molar-refractivity contribution in [2.75, 3.05) is 13.1 Å². The molecule has 1 fully saturated rings. The van der Waals surface area contributed by atoms with Crippen LogP contribution in [-0.4, -0.2) is 31.6 Å². The van der Waals surface area contributed by atoms with E-state index < -0.39 is 0 Å². The van der Waals surface area contributed by atoms with Crippen LogP contribution in [0.15, 0.2) is 0 Å². The minimum atomic E-state index is 1.16. The topological polar surface area (TPSA) is 3.24 Å². The van der Waals surface area contributed by atoms with Gasteiger partial charge in [-0.15, -0.1) is 0 Å². The Morgan fingerprint density at radius 2 is 2.17 bits per heavy atom. The van der Waals surface area contributed by atoms with Gasteiger partial charge in [0.05, 0.1) is 0 Å². The van der Waals surface area contributed by atoms with E-state index in [4.69, 9.17) is 7.49 Å². The quantitative estimate of drug-likeness (QED) is 0.388. The molecule has 1 heterocycles. The molecule has 1 radical (unpaired) electrons. The van der Waals surface area contributed by atoms with Crippen molar-refractivity contribution in [3.05, 3.63) is 0 Å². The molecule has 1 nitrogen and oxygen atoms in total. The molecule has 1 saturated heterocycles. The zero-order chi connectivity index (χ0) is 4.41. The molecule has 0 aromatic heterocycles. The van der Waals surface area contributed by atoms with Crippen molar-refractivity contribution >= 4 is 13.6 Å². The van der Waals surface area contributed by atoms with E-state index >= 15 is 0 Å². The van der Waals surface area contributed by atoms with Crippen LogP contribution in [-0.2, 0) is 0 Å². The molecular formula is C4H7BN. The fourth-order valence-corrected chi connectivity index (χ4v) is 0.490. The predicted molar refractivity (Wildman–Crippen MR) is 28.0 cm³/mol. The first kappa shape index (κ1) is 3.91. The molecule has 0 amide bonds. The molecule has 1 aliphatic heterocycles. The molecule has 0 aromatic rings. The van der Waals surface area contributed by atoms with Gasteiger partial charge in [-0.1, -0.05) is 0 Å². The van der Waals surface area contributed by atoms with Crippen molar-refractivity contribution in [1.82, 2.24) is 4.90 Å². The minimum absolute atomic E-state index is 1.16. The van der Waals surface area contributed by atoms with Crippen LogP contribution in [0.3, 0.4) is 0 Å². The summed E-state index contributed by atoms with van der Waals surface area (Å²) in [5.74, 6) is 0. The molecule has 6 heavy (non-hydrogen) atoms. The number of hydrogen-bond acceptors (Lipinski definition) is 1. The molecular weight excluding hydrogens is 72.9 g/mol. The summed E-state index contributed by atoms with van der Waals surface area (Å²) in [5, 5.41) is 0. The summed E-state index contributed by atoms with van der Waals surface area (Å²) in [6.07, 6.45) is 2.96. The Kier molecular flexibility index (Phi) is 0.949. The van der Waals surface area contributed by atoms with Crippen molar-refractivity contribution in [1.29, 1.82) is 0 Å². The van der Waals surface area contributed by atoms with E-state index in [0.29, 0.717) is 0 Å². The van der Waals surface area contributed by atoms with E-state index in [1.807, 2.05) is 0 Å². The zero-order valence-corrected chi connectivity index (χ0v) is 3.72. The van der Waals surface area contributed by atoms with Crippen LogP contribution < -0.4 is 0 Å². The molecule has 0 unspecified atom stereocenters. The standard InChI is InChI=1S/C4H7BN/c5-4-6-2-1-3-6/h4H,1-3H2. The average molecular weight is 79.9 g/mol. The van der Waals surface area contributed by atoms with Crippen LogP contribution in [0, 0.1) is 0 Å². The first-order valence-corrected chi connectivity index (χ1v) is 2.22. The Bertz CT molecular complexity index is 58.6. The number of hydrogen-bond donors (Lipinski definition) is 0. The molecule has 0 aromatic carbocycles. The molecule has 0 saturated carbocycles. The normalized spacial score (nSPS) is 19.5. The zero-order valence-electron chi connectivity index (χ0n) is 3.72. The summed E-state index contributed by atoms with van der Waals surface area (Å²) in [5.41, 5.74) is 0. The number of nitrogens with zero attached hydrogens (tertiary/aromatic N) is 1. The van der Waals surface area contributed by atoms with Crippen LogP contribution in [0.4, 0.5) is 0 Å². The molecule has 0 N–H and O–H groups in total. The van der Waals surface area contributed by atoms with E-state index in [1.165, 1.54) is 6.42 Å². The second-order valence-electron chi connectivity index (χ2n) is 1.54. The second-order valence-corrected chi connectivity index (χ2v) is 1.54. The third-order valence-corrected chi connectivity index (χ3v) is 1.10. The average Bonchev–Trinajstić information content (AvgIpc) is 1.31. The Morgan fingerprint density at radius 1 is 1.50 bits per heavy atom. The maximum atomic E-state index is 5.13. The Morgan fingerprint density at radius 3 is 2.17 bits per heavy atom. The Hall–Kier alpha value is -0.265. The molecule has 0 aliphatic carbocycles. The molecule has 0 bridgehead atoms. The summed E-state index contributed by atoms with van der Waals surface area (Å²) in [6.45, 7) is 2.33. The molecule has 1 aliphatic rings. The van der Waals surface area contributed by atoms with Crippen LogP contribution >= 0.6 is 0 Å². The third-order valence-electron chi connectivity index (χ3n) is 1.10. The predicted octanol–water partition coefficient (Wildman–Crippen LogP) is -0.380. The molecule has 2 heteroatoms. The summed E-state index contributed by atoms with van der Waals surface area (Å²) in [6, 6.07) is 0. The Labute approximate surface area is 39.0 Å². The van der Waals surface area contributed by atoms with Gasteiger partial charge >= 0.3 is 38.0 Å². The van der Waals surface area contributed by atoms with Gasteiger partial charge in [0, 0.05) is 0 Å². The molecule has 0 atom stereocenters.